The van der Waals surface area contributed by atoms with Crippen molar-refractivity contribution in [3.05, 3.63) is 28.0 Å². The van der Waals surface area contributed by atoms with E-state index in [1.54, 1.807) is 0 Å². The molecule has 0 radical (unpaired) electrons. The van der Waals surface area contributed by atoms with Gasteiger partial charge in [0.05, 0.1) is 26.5 Å². The van der Waals surface area contributed by atoms with E-state index in [2.05, 4.69) is 11.5 Å². The number of nitrogens with zero attached hydrogens (tertiary/aromatic N) is 2. The molecule has 0 spiro atoms. The van der Waals surface area contributed by atoms with Crippen molar-refractivity contribution in [2.24, 2.45) is 5.92 Å². The van der Waals surface area contributed by atoms with E-state index in [0.29, 0.717) is 22.0 Å². The SMILES string of the molecule is CC(Cl)c1nc2cc(Cl)c(Cl)cc2n1C(C)C1CCCC1. The number of imidazole rings is 1. The van der Waals surface area contributed by atoms with Crippen molar-refractivity contribution in [2.75, 3.05) is 0 Å². The first-order valence-corrected chi connectivity index (χ1v) is 8.69. The smallest absolute Gasteiger partial charge is 0.127 e. The first-order chi connectivity index (χ1) is 9.99. The number of halogens is 3. The number of alkyl halides is 1. The molecule has 0 N–H and O–H groups in total. The molecule has 1 aliphatic rings. The molecule has 1 saturated carbocycles. The Kier molecular flexibility index (Phi) is 4.40. The molecule has 21 heavy (non-hydrogen) atoms. The normalized spacial score (nSPS) is 19.3. The molecular formula is C16H19Cl3N2. The summed E-state index contributed by atoms with van der Waals surface area (Å²) in [6, 6.07) is 4.13. The molecule has 0 amide bonds. The van der Waals surface area contributed by atoms with E-state index in [9.17, 15) is 0 Å². The minimum absolute atomic E-state index is 0.140. The van der Waals surface area contributed by atoms with Gasteiger partial charge in [-0.3, -0.25) is 0 Å². The molecule has 1 fully saturated rings. The largest absolute Gasteiger partial charge is 0.324 e. The Labute approximate surface area is 140 Å². The average Bonchev–Trinajstić information content (AvgIpc) is 3.06. The maximum absolute atomic E-state index is 6.36. The standard InChI is InChI=1S/C16H19Cl3N2/c1-9(17)16-20-14-7-12(18)13(19)8-15(14)21(16)10(2)11-5-3-4-6-11/h7-11H,3-6H2,1-2H3. The van der Waals surface area contributed by atoms with Crippen LogP contribution in [0, 0.1) is 5.92 Å². The van der Waals surface area contributed by atoms with E-state index in [1.807, 2.05) is 19.1 Å². The van der Waals surface area contributed by atoms with Gasteiger partial charge in [0.25, 0.3) is 0 Å². The molecule has 0 aliphatic heterocycles. The summed E-state index contributed by atoms with van der Waals surface area (Å²) < 4.78 is 2.27. The first-order valence-electron chi connectivity index (χ1n) is 7.50. The highest BCUT2D eigenvalue weighted by atomic mass is 35.5. The van der Waals surface area contributed by atoms with Gasteiger partial charge in [-0.05, 0) is 44.7 Å². The topological polar surface area (TPSA) is 17.8 Å². The van der Waals surface area contributed by atoms with Gasteiger partial charge >= 0.3 is 0 Å². The summed E-state index contributed by atoms with van der Waals surface area (Å²) >= 11 is 18.7. The summed E-state index contributed by atoms with van der Waals surface area (Å²) in [5.41, 5.74) is 1.91. The molecule has 114 valence electrons. The monoisotopic (exact) mass is 344 g/mol. The van der Waals surface area contributed by atoms with Crippen LogP contribution in [0.3, 0.4) is 0 Å². The predicted octanol–water partition coefficient (Wildman–Crippen LogP) is 6.39. The van der Waals surface area contributed by atoms with Gasteiger partial charge in [0, 0.05) is 6.04 Å². The maximum Gasteiger partial charge on any atom is 0.127 e. The van der Waals surface area contributed by atoms with Gasteiger partial charge in [0.2, 0.25) is 0 Å². The molecule has 3 rings (SSSR count). The Bertz CT molecular complexity index is 657. The van der Waals surface area contributed by atoms with E-state index in [1.165, 1.54) is 25.7 Å². The number of rotatable bonds is 3. The lowest BCUT2D eigenvalue weighted by atomic mass is 9.99. The molecule has 2 atom stereocenters. The quantitative estimate of drug-likeness (QED) is 0.589. The molecular weight excluding hydrogens is 327 g/mol. The highest BCUT2D eigenvalue weighted by Crippen LogP contribution is 2.39. The Balaban J connectivity index is 2.17. The Morgan fingerprint density at radius 1 is 1.14 bits per heavy atom. The fourth-order valence-electron chi connectivity index (χ4n) is 3.47. The minimum atomic E-state index is -0.140. The van der Waals surface area contributed by atoms with Gasteiger partial charge < -0.3 is 4.57 Å². The summed E-state index contributed by atoms with van der Waals surface area (Å²) in [6.07, 6.45) is 5.19. The van der Waals surface area contributed by atoms with Crippen LogP contribution in [0.15, 0.2) is 12.1 Å². The first kappa shape index (κ1) is 15.5. The highest BCUT2D eigenvalue weighted by Gasteiger charge is 2.27. The highest BCUT2D eigenvalue weighted by molar-refractivity contribution is 6.42. The number of fused-ring (bicyclic) bond motifs is 1. The van der Waals surface area contributed by atoms with Gasteiger partial charge in [0.1, 0.15) is 5.82 Å². The molecule has 0 bridgehead atoms. The summed E-state index contributed by atoms with van der Waals surface area (Å²) in [5.74, 6) is 1.59. The van der Waals surface area contributed by atoms with E-state index in [0.717, 1.165) is 16.9 Å². The second-order valence-electron chi connectivity index (χ2n) is 6.00. The summed E-state index contributed by atoms with van der Waals surface area (Å²) in [5, 5.41) is 0.965. The minimum Gasteiger partial charge on any atom is -0.324 e. The lowest BCUT2D eigenvalue weighted by molar-refractivity contribution is 0.359. The van der Waals surface area contributed by atoms with Crippen LogP contribution >= 0.6 is 34.8 Å². The number of hydrogen-bond acceptors (Lipinski definition) is 1. The molecule has 2 aromatic rings. The second kappa shape index (κ2) is 5.98. The molecule has 1 aliphatic carbocycles. The van der Waals surface area contributed by atoms with Crippen molar-refractivity contribution in [1.29, 1.82) is 0 Å². The van der Waals surface area contributed by atoms with Crippen molar-refractivity contribution >= 4 is 45.8 Å². The van der Waals surface area contributed by atoms with Gasteiger partial charge in [-0.1, -0.05) is 36.0 Å². The zero-order valence-corrected chi connectivity index (χ0v) is 14.5. The van der Waals surface area contributed by atoms with Crippen LogP contribution < -0.4 is 0 Å². The van der Waals surface area contributed by atoms with Crippen LogP contribution in [0.4, 0.5) is 0 Å². The number of hydrogen-bond donors (Lipinski definition) is 0. The van der Waals surface area contributed by atoms with Crippen LogP contribution in [0.25, 0.3) is 11.0 Å². The van der Waals surface area contributed by atoms with Crippen LogP contribution in [0.1, 0.15) is 56.8 Å². The summed E-state index contributed by atoms with van der Waals surface area (Å²) in [7, 11) is 0. The molecule has 5 heteroatoms. The predicted molar refractivity (Wildman–Crippen MR) is 90.7 cm³/mol. The van der Waals surface area contributed by atoms with Crippen molar-refractivity contribution in [1.82, 2.24) is 9.55 Å². The van der Waals surface area contributed by atoms with Gasteiger partial charge in [-0.15, -0.1) is 11.6 Å². The third-order valence-electron chi connectivity index (χ3n) is 4.60. The molecule has 0 saturated heterocycles. The van der Waals surface area contributed by atoms with Crippen LogP contribution in [-0.2, 0) is 0 Å². The van der Waals surface area contributed by atoms with Crippen molar-refractivity contribution in [3.63, 3.8) is 0 Å². The molecule has 2 nitrogen and oxygen atoms in total. The van der Waals surface area contributed by atoms with E-state index < -0.39 is 0 Å². The van der Waals surface area contributed by atoms with Crippen LogP contribution in [0.2, 0.25) is 10.0 Å². The van der Waals surface area contributed by atoms with Crippen LogP contribution in [-0.4, -0.2) is 9.55 Å². The Hall–Kier alpha value is -0.440. The summed E-state index contributed by atoms with van der Waals surface area (Å²) in [4.78, 5) is 4.69. The fourth-order valence-corrected chi connectivity index (χ4v) is 3.94. The van der Waals surface area contributed by atoms with E-state index >= 15 is 0 Å². The van der Waals surface area contributed by atoms with E-state index in [-0.39, 0.29) is 5.38 Å². The number of aromatic nitrogens is 2. The van der Waals surface area contributed by atoms with Crippen molar-refractivity contribution in [3.8, 4) is 0 Å². The van der Waals surface area contributed by atoms with Gasteiger partial charge in [-0.25, -0.2) is 4.98 Å². The Morgan fingerprint density at radius 2 is 1.76 bits per heavy atom. The van der Waals surface area contributed by atoms with Crippen molar-refractivity contribution < 1.29 is 0 Å². The van der Waals surface area contributed by atoms with Crippen molar-refractivity contribution in [2.45, 2.75) is 50.9 Å². The lowest BCUT2D eigenvalue weighted by Gasteiger charge is -2.24. The maximum atomic E-state index is 6.36. The van der Waals surface area contributed by atoms with Gasteiger partial charge in [-0.2, -0.15) is 0 Å². The number of benzene rings is 1. The third kappa shape index (κ3) is 2.78. The lowest BCUT2D eigenvalue weighted by Crippen LogP contribution is -2.17. The van der Waals surface area contributed by atoms with Crippen LogP contribution in [0.5, 0.6) is 0 Å². The molecule has 1 aromatic heterocycles. The third-order valence-corrected chi connectivity index (χ3v) is 5.52. The average molecular weight is 346 g/mol. The van der Waals surface area contributed by atoms with E-state index in [4.69, 9.17) is 39.8 Å². The molecule has 2 unspecified atom stereocenters. The zero-order valence-electron chi connectivity index (χ0n) is 12.2. The zero-order chi connectivity index (χ0) is 15.1. The Morgan fingerprint density at radius 3 is 2.38 bits per heavy atom. The second-order valence-corrected chi connectivity index (χ2v) is 7.47. The molecule has 1 heterocycles. The fraction of sp³-hybridized carbons (Fsp3) is 0.562. The molecule has 1 aromatic carbocycles. The van der Waals surface area contributed by atoms with Gasteiger partial charge in [0.15, 0.2) is 0 Å². The summed E-state index contributed by atoms with van der Waals surface area (Å²) in [6.45, 7) is 4.23.